The summed E-state index contributed by atoms with van der Waals surface area (Å²) in [5.74, 6) is 1.92. The van der Waals surface area contributed by atoms with Crippen LogP contribution in [-0.4, -0.2) is 25.1 Å². The first-order valence-corrected chi connectivity index (χ1v) is 11.9. The molecular weight excluding hydrogens is 416 g/mol. The minimum Gasteiger partial charge on any atom is -0.493 e. The van der Waals surface area contributed by atoms with Gasteiger partial charge in [-0.2, -0.15) is 0 Å². The summed E-state index contributed by atoms with van der Waals surface area (Å²) in [6.07, 6.45) is 5.16. The molecule has 7 heteroatoms. The van der Waals surface area contributed by atoms with Gasteiger partial charge in [0.1, 0.15) is 5.01 Å². The molecule has 1 fully saturated rings. The molecule has 158 valence electrons. The Morgan fingerprint density at radius 2 is 1.97 bits per heavy atom. The molecule has 1 unspecified atom stereocenters. The van der Waals surface area contributed by atoms with Gasteiger partial charge >= 0.3 is 0 Å². The summed E-state index contributed by atoms with van der Waals surface area (Å²) in [4.78, 5) is 18.8. The molecule has 5 nitrogen and oxygen atoms in total. The number of nitrogens with zero attached hydrogens (tertiary/aromatic N) is 1. The predicted octanol–water partition coefficient (Wildman–Crippen LogP) is 5.48. The van der Waals surface area contributed by atoms with Gasteiger partial charge in [-0.15, -0.1) is 22.7 Å². The standard InChI is InChI=1S/C23H26N2O3S2/c1-27-18-10-9-16(12-19(18)28-2)23-24-17(14-30-23)13-21(26)25-22(15-6-3-4-7-15)20-8-5-11-29-20/h5,8-12,14-15,22H,3-4,6-7,13H2,1-2H3,(H,25,26). The lowest BCUT2D eigenvalue weighted by Crippen LogP contribution is -2.33. The number of thiazole rings is 1. The smallest absolute Gasteiger partial charge is 0.226 e. The van der Waals surface area contributed by atoms with Crippen LogP contribution in [0.15, 0.2) is 41.1 Å². The number of nitrogens with one attached hydrogen (secondary N) is 1. The Hall–Kier alpha value is -2.38. The molecule has 1 saturated carbocycles. The van der Waals surface area contributed by atoms with Gasteiger partial charge in [-0.3, -0.25) is 4.79 Å². The third-order valence-electron chi connectivity index (χ3n) is 5.56. The number of methoxy groups -OCH3 is 2. The largest absolute Gasteiger partial charge is 0.493 e. The second-order valence-electron chi connectivity index (χ2n) is 7.50. The summed E-state index contributed by atoms with van der Waals surface area (Å²) in [7, 11) is 3.24. The SMILES string of the molecule is COc1ccc(-c2nc(CC(=O)NC(c3cccs3)C3CCCC3)cs2)cc1OC. The molecule has 1 aliphatic carbocycles. The molecule has 3 aromatic rings. The van der Waals surface area contributed by atoms with Crippen LogP contribution in [0.25, 0.3) is 10.6 Å². The quantitative estimate of drug-likeness (QED) is 0.502. The summed E-state index contributed by atoms with van der Waals surface area (Å²) in [5, 5.41) is 8.20. The highest BCUT2D eigenvalue weighted by atomic mass is 32.1. The van der Waals surface area contributed by atoms with Crippen molar-refractivity contribution in [2.75, 3.05) is 14.2 Å². The molecule has 0 aliphatic heterocycles. The first-order valence-electron chi connectivity index (χ1n) is 10.2. The molecule has 2 aromatic heterocycles. The predicted molar refractivity (Wildman–Crippen MR) is 122 cm³/mol. The van der Waals surface area contributed by atoms with E-state index in [1.54, 1.807) is 25.6 Å². The van der Waals surface area contributed by atoms with Crippen molar-refractivity contribution in [3.63, 3.8) is 0 Å². The number of ether oxygens (including phenoxy) is 2. The third-order valence-corrected chi connectivity index (χ3v) is 7.46. The Morgan fingerprint density at radius 3 is 2.67 bits per heavy atom. The highest BCUT2D eigenvalue weighted by Crippen LogP contribution is 2.37. The molecule has 0 saturated heterocycles. The number of hydrogen-bond donors (Lipinski definition) is 1. The van der Waals surface area contributed by atoms with E-state index < -0.39 is 0 Å². The van der Waals surface area contributed by atoms with Crippen molar-refractivity contribution in [2.45, 2.75) is 38.1 Å². The minimum atomic E-state index is 0.0319. The van der Waals surface area contributed by atoms with Crippen LogP contribution in [0.4, 0.5) is 0 Å². The van der Waals surface area contributed by atoms with E-state index in [2.05, 4.69) is 27.8 Å². The van der Waals surface area contributed by atoms with Crippen LogP contribution in [0, 0.1) is 5.92 Å². The van der Waals surface area contributed by atoms with Crippen molar-refractivity contribution < 1.29 is 14.3 Å². The Bertz CT molecular complexity index is 978. The number of carbonyl (C=O) groups excluding carboxylic acids is 1. The maximum atomic E-state index is 12.8. The molecule has 1 aliphatic rings. The molecule has 0 bridgehead atoms. The van der Waals surface area contributed by atoms with E-state index in [-0.39, 0.29) is 11.9 Å². The second-order valence-corrected chi connectivity index (χ2v) is 9.33. The number of benzene rings is 1. The molecular formula is C23H26N2O3S2. The summed E-state index contributed by atoms with van der Waals surface area (Å²) in [6.45, 7) is 0. The van der Waals surface area contributed by atoms with Crippen LogP contribution in [0.2, 0.25) is 0 Å². The van der Waals surface area contributed by atoms with E-state index in [1.807, 2.05) is 23.6 Å². The van der Waals surface area contributed by atoms with Gasteiger partial charge in [0, 0.05) is 15.8 Å². The fourth-order valence-electron chi connectivity index (χ4n) is 4.06. The van der Waals surface area contributed by atoms with Gasteiger partial charge in [0.15, 0.2) is 11.5 Å². The van der Waals surface area contributed by atoms with Crippen molar-refractivity contribution >= 4 is 28.6 Å². The molecule has 1 atom stereocenters. The van der Waals surface area contributed by atoms with E-state index in [0.29, 0.717) is 23.8 Å². The summed E-state index contributed by atoms with van der Waals surface area (Å²) >= 11 is 3.26. The fraction of sp³-hybridized carbons (Fsp3) is 0.391. The number of carbonyl (C=O) groups is 1. The normalized spacial score (nSPS) is 15.1. The molecule has 0 radical (unpaired) electrons. The van der Waals surface area contributed by atoms with Crippen molar-refractivity contribution in [1.29, 1.82) is 0 Å². The van der Waals surface area contributed by atoms with Crippen LogP contribution in [0.1, 0.15) is 42.3 Å². The summed E-state index contributed by atoms with van der Waals surface area (Å²) in [5.41, 5.74) is 1.74. The number of thiophene rings is 1. The highest BCUT2D eigenvalue weighted by Gasteiger charge is 2.28. The zero-order valence-corrected chi connectivity index (χ0v) is 18.9. The Morgan fingerprint density at radius 1 is 1.17 bits per heavy atom. The second kappa shape index (κ2) is 9.62. The van der Waals surface area contributed by atoms with Crippen molar-refractivity contribution in [3.8, 4) is 22.1 Å². The Kier molecular flexibility index (Phi) is 6.69. The van der Waals surface area contributed by atoms with Gasteiger partial charge in [0.05, 0.1) is 32.4 Å². The average Bonchev–Trinajstić information content (AvgIpc) is 3.54. The molecule has 30 heavy (non-hydrogen) atoms. The fourth-order valence-corrected chi connectivity index (χ4v) is 5.75. The zero-order valence-electron chi connectivity index (χ0n) is 17.2. The first-order chi connectivity index (χ1) is 14.7. The zero-order chi connectivity index (χ0) is 20.9. The lowest BCUT2D eigenvalue weighted by Gasteiger charge is -2.23. The Labute approximate surface area is 185 Å². The average molecular weight is 443 g/mol. The van der Waals surface area contributed by atoms with Crippen LogP contribution in [-0.2, 0) is 11.2 Å². The molecule has 0 spiro atoms. The topological polar surface area (TPSA) is 60.5 Å². The minimum absolute atomic E-state index is 0.0319. The highest BCUT2D eigenvalue weighted by molar-refractivity contribution is 7.13. The van der Waals surface area contributed by atoms with Crippen LogP contribution in [0.3, 0.4) is 0 Å². The molecule has 2 heterocycles. The third kappa shape index (κ3) is 4.68. The number of hydrogen-bond acceptors (Lipinski definition) is 6. The van der Waals surface area contributed by atoms with Crippen molar-refractivity contribution in [1.82, 2.24) is 10.3 Å². The number of aromatic nitrogens is 1. The first kappa shape index (κ1) is 20.9. The van der Waals surface area contributed by atoms with Crippen molar-refractivity contribution in [2.24, 2.45) is 5.92 Å². The molecule has 4 rings (SSSR count). The van der Waals surface area contributed by atoms with E-state index in [4.69, 9.17) is 9.47 Å². The van der Waals surface area contributed by atoms with Gasteiger partial charge in [-0.05, 0) is 48.4 Å². The van der Waals surface area contributed by atoms with Crippen LogP contribution >= 0.6 is 22.7 Å². The Balaban J connectivity index is 1.44. The van der Waals surface area contributed by atoms with Crippen LogP contribution in [0.5, 0.6) is 11.5 Å². The van der Waals surface area contributed by atoms with E-state index >= 15 is 0 Å². The van der Waals surface area contributed by atoms with E-state index in [9.17, 15) is 4.79 Å². The van der Waals surface area contributed by atoms with Gasteiger partial charge in [0.25, 0.3) is 0 Å². The maximum absolute atomic E-state index is 12.8. The van der Waals surface area contributed by atoms with Gasteiger partial charge in [-0.25, -0.2) is 4.98 Å². The van der Waals surface area contributed by atoms with Gasteiger partial charge < -0.3 is 14.8 Å². The van der Waals surface area contributed by atoms with Gasteiger partial charge in [0.2, 0.25) is 5.91 Å². The van der Waals surface area contributed by atoms with Crippen LogP contribution < -0.4 is 14.8 Å². The number of amides is 1. The summed E-state index contributed by atoms with van der Waals surface area (Å²) < 4.78 is 10.7. The number of rotatable bonds is 8. The lowest BCUT2D eigenvalue weighted by atomic mass is 9.96. The molecule has 1 N–H and O–H groups in total. The van der Waals surface area contributed by atoms with Crippen molar-refractivity contribution in [3.05, 3.63) is 51.7 Å². The molecule has 1 aromatic carbocycles. The van der Waals surface area contributed by atoms with E-state index in [0.717, 1.165) is 16.3 Å². The monoisotopic (exact) mass is 442 g/mol. The summed E-state index contributed by atoms with van der Waals surface area (Å²) in [6, 6.07) is 10.0. The lowest BCUT2D eigenvalue weighted by molar-refractivity contribution is -0.121. The maximum Gasteiger partial charge on any atom is 0.226 e. The molecule has 1 amide bonds. The van der Waals surface area contributed by atoms with Gasteiger partial charge in [-0.1, -0.05) is 18.9 Å². The van der Waals surface area contributed by atoms with E-state index in [1.165, 1.54) is 41.9 Å².